The molecule has 1 atom stereocenters. The van der Waals surface area contributed by atoms with E-state index in [0.717, 1.165) is 31.1 Å². The molecule has 1 aromatic rings. The lowest BCUT2D eigenvalue weighted by molar-refractivity contribution is -0.109. The van der Waals surface area contributed by atoms with Crippen LogP contribution in [0.15, 0.2) is 30.3 Å². The van der Waals surface area contributed by atoms with E-state index < -0.39 is 0 Å². The summed E-state index contributed by atoms with van der Waals surface area (Å²) in [4.78, 5) is 24.4. The van der Waals surface area contributed by atoms with Gasteiger partial charge in [0.25, 0.3) is 0 Å². The lowest BCUT2D eigenvalue weighted by atomic mass is 10.0. The van der Waals surface area contributed by atoms with Crippen LogP contribution in [0.2, 0.25) is 0 Å². The second-order valence-corrected chi connectivity index (χ2v) is 4.79. The third kappa shape index (κ3) is 3.81. The molecule has 102 valence electrons. The number of benzene rings is 1. The number of piperidine rings is 1. The van der Waals surface area contributed by atoms with E-state index in [9.17, 15) is 9.59 Å². The van der Waals surface area contributed by atoms with E-state index in [2.05, 4.69) is 0 Å². The normalized spacial score (nSPS) is 18.9. The van der Waals surface area contributed by atoms with Crippen LogP contribution in [0.4, 0.5) is 4.79 Å². The maximum Gasteiger partial charge on any atom is 0.410 e. The number of carbonyl (C=O) groups is 2. The summed E-state index contributed by atoms with van der Waals surface area (Å²) >= 11 is 0. The molecule has 1 amide bonds. The lowest BCUT2D eigenvalue weighted by Crippen LogP contribution is -2.44. The van der Waals surface area contributed by atoms with Crippen LogP contribution >= 0.6 is 0 Å². The topological polar surface area (TPSA) is 46.6 Å². The van der Waals surface area contributed by atoms with Crippen molar-refractivity contribution in [1.29, 1.82) is 0 Å². The summed E-state index contributed by atoms with van der Waals surface area (Å²) in [5, 5.41) is 0. The van der Waals surface area contributed by atoms with Crippen LogP contribution in [0.5, 0.6) is 0 Å². The van der Waals surface area contributed by atoms with Gasteiger partial charge in [0.2, 0.25) is 0 Å². The minimum absolute atomic E-state index is 0.00882. The van der Waals surface area contributed by atoms with Gasteiger partial charge >= 0.3 is 6.09 Å². The molecule has 1 aliphatic heterocycles. The molecular formula is C15H19NO3. The molecule has 0 bridgehead atoms. The highest BCUT2D eigenvalue weighted by Crippen LogP contribution is 2.20. The van der Waals surface area contributed by atoms with Crippen LogP contribution in [0.1, 0.15) is 31.2 Å². The van der Waals surface area contributed by atoms with Crippen molar-refractivity contribution in [1.82, 2.24) is 4.90 Å². The van der Waals surface area contributed by atoms with E-state index in [0.29, 0.717) is 13.0 Å². The van der Waals surface area contributed by atoms with Gasteiger partial charge in [0.05, 0.1) is 0 Å². The Hall–Kier alpha value is -1.84. The molecule has 1 aromatic carbocycles. The summed E-state index contributed by atoms with van der Waals surface area (Å²) in [6.45, 7) is 0.968. The molecule has 2 rings (SSSR count). The second kappa shape index (κ2) is 6.92. The molecule has 4 heteroatoms. The number of carbonyl (C=O) groups excluding carboxylic acids is 2. The molecule has 1 fully saturated rings. The van der Waals surface area contributed by atoms with Gasteiger partial charge in [-0.25, -0.2) is 4.79 Å². The van der Waals surface area contributed by atoms with Gasteiger partial charge in [0, 0.05) is 19.0 Å². The highest BCUT2D eigenvalue weighted by molar-refractivity contribution is 5.69. The zero-order valence-corrected chi connectivity index (χ0v) is 11.0. The zero-order valence-electron chi connectivity index (χ0n) is 11.0. The van der Waals surface area contributed by atoms with E-state index in [4.69, 9.17) is 4.74 Å². The molecule has 0 aliphatic carbocycles. The average molecular weight is 261 g/mol. The first-order chi connectivity index (χ1) is 9.31. The highest BCUT2D eigenvalue weighted by Gasteiger charge is 2.27. The molecule has 0 aromatic heterocycles. The Morgan fingerprint density at radius 1 is 1.32 bits per heavy atom. The minimum atomic E-state index is -0.310. The van der Waals surface area contributed by atoms with Gasteiger partial charge in [-0.15, -0.1) is 0 Å². The standard InChI is InChI=1S/C15H19NO3/c17-11-9-14-8-4-5-10-16(14)15(18)19-12-13-6-2-1-3-7-13/h1-3,6-7,11,14H,4-5,8-10,12H2. The summed E-state index contributed by atoms with van der Waals surface area (Å²) in [5.41, 5.74) is 0.972. The summed E-state index contributed by atoms with van der Waals surface area (Å²) in [6, 6.07) is 9.61. The smallest absolute Gasteiger partial charge is 0.410 e. The van der Waals surface area contributed by atoms with Crippen LogP contribution in [-0.4, -0.2) is 29.9 Å². The van der Waals surface area contributed by atoms with Gasteiger partial charge in [-0.1, -0.05) is 30.3 Å². The number of nitrogens with zero attached hydrogens (tertiary/aromatic N) is 1. The van der Waals surface area contributed by atoms with Crippen LogP contribution in [0, 0.1) is 0 Å². The summed E-state index contributed by atoms with van der Waals surface area (Å²) in [5.74, 6) is 0. The fourth-order valence-electron chi connectivity index (χ4n) is 2.40. The van der Waals surface area contributed by atoms with Crippen LogP contribution < -0.4 is 0 Å². The minimum Gasteiger partial charge on any atom is -0.445 e. The first-order valence-corrected chi connectivity index (χ1v) is 6.72. The number of likely N-dealkylation sites (tertiary alicyclic amines) is 1. The van der Waals surface area contributed by atoms with Gasteiger partial charge in [-0.2, -0.15) is 0 Å². The Kier molecular flexibility index (Phi) is 4.95. The maximum atomic E-state index is 12.0. The van der Waals surface area contributed by atoms with Crippen molar-refractivity contribution < 1.29 is 14.3 Å². The average Bonchev–Trinajstić information content (AvgIpc) is 2.47. The van der Waals surface area contributed by atoms with Gasteiger partial charge in [-0.3, -0.25) is 0 Å². The predicted molar refractivity (Wildman–Crippen MR) is 71.7 cm³/mol. The Labute approximate surface area is 113 Å². The van der Waals surface area contributed by atoms with E-state index in [-0.39, 0.29) is 18.7 Å². The zero-order chi connectivity index (χ0) is 13.5. The molecule has 4 nitrogen and oxygen atoms in total. The summed E-state index contributed by atoms with van der Waals surface area (Å²) in [6.07, 6.45) is 3.92. The molecule has 0 radical (unpaired) electrons. The van der Waals surface area contributed by atoms with E-state index in [1.807, 2.05) is 30.3 Å². The monoisotopic (exact) mass is 261 g/mol. The van der Waals surface area contributed by atoms with Crippen molar-refractivity contribution in [3.63, 3.8) is 0 Å². The Morgan fingerprint density at radius 3 is 2.84 bits per heavy atom. The first-order valence-electron chi connectivity index (χ1n) is 6.72. The van der Waals surface area contributed by atoms with Crippen molar-refractivity contribution in [2.75, 3.05) is 6.54 Å². The SMILES string of the molecule is O=CCC1CCCCN1C(=O)OCc1ccccc1. The number of ether oxygens (including phenoxy) is 1. The molecule has 1 heterocycles. The molecule has 0 N–H and O–H groups in total. The Morgan fingerprint density at radius 2 is 2.11 bits per heavy atom. The number of hydrogen-bond donors (Lipinski definition) is 0. The van der Waals surface area contributed by atoms with Crippen molar-refractivity contribution in [3.8, 4) is 0 Å². The third-order valence-corrected chi connectivity index (χ3v) is 3.44. The van der Waals surface area contributed by atoms with Crippen LogP contribution in [0.25, 0.3) is 0 Å². The predicted octanol–water partition coefficient (Wildman–Crippen LogP) is 2.77. The van der Waals surface area contributed by atoms with E-state index in [1.54, 1.807) is 4.90 Å². The van der Waals surface area contributed by atoms with Crippen molar-refractivity contribution in [2.45, 2.75) is 38.3 Å². The van der Waals surface area contributed by atoms with E-state index >= 15 is 0 Å². The fourth-order valence-corrected chi connectivity index (χ4v) is 2.40. The number of aldehydes is 1. The molecule has 0 saturated carbocycles. The van der Waals surface area contributed by atoms with Crippen molar-refractivity contribution >= 4 is 12.4 Å². The third-order valence-electron chi connectivity index (χ3n) is 3.44. The van der Waals surface area contributed by atoms with Gasteiger partial charge in [0.1, 0.15) is 12.9 Å². The van der Waals surface area contributed by atoms with E-state index in [1.165, 1.54) is 0 Å². The molecule has 19 heavy (non-hydrogen) atoms. The highest BCUT2D eigenvalue weighted by atomic mass is 16.6. The van der Waals surface area contributed by atoms with Crippen LogP contribution in [0.3, 0.4) is 0 Å². The number of rotatable bonds is 4. The van der Waals surface area contributed by atoms with Gasteiger partial charge in [-0.05, 0) is 24.8 Å². The van der Waals surface area contributed by atoms with Crippen molar-refractivity contribution in [3.05, 3.63) is 35.9 Å². The number of hydrogen-bond acceptors (Lipinski definition) is 3. The fraction of sp³-hybridized carbons (Fsp3) is 0.467. The Bertz CT molecular complexity index is 419. The summed E-state index contributed by atoms with van der Waals surface area (Å²) in [7, 11) is 0. The van der Waals surface area contributed by atoms with Crippen molar-refractivity contribution in [2.24, 2.45) is 0 Å². The molecule has 1 unspecified atom stereocenters. The number of amides is 1. The first kappa shape index (κ1) is 13.6. The Balaban J connectivity index is 1.89. The lowest BCUT2D eigenvalue weighted by Gasteiger charge is -2.33. The second-order valence-electron chi connectivity index (χ2n) is 4.79. The molecule has 1 saturated heterocycles. The maximum absolute atomic E-state index is 12.0. The molecule has 1 aliphatic rings. The molecular weight excluding hydrogens is 242 g/mol. The summed E-state index contributed by atoms with van der Waals surface area (Å²) < 4.78 is 5.32. The largest absolute Gasteiger partial charge is 0.445 e. The van der Waals surface area contributed by atoms with Crippen LogP contribution in [-0.2, 0) is 16.1 Å². The molecule has 0 spiro atoms. The quantitative estimate of drug-likeness (QED) is 0.783. The van der Waals surface area contributed by atoms with Gasteiger partial charge in [0.15, 0.2) is 0 Å². The van der Waals surface area contributed by atoms with Gasteiger partial charge < -0.3 is 14.4 Å².